The molecule has 2 aromatic rings. The predicted octanol–water partition coefficient (Wildman–Crippen LogP) is 3.08. The molecule has 0 unspecified atom stereocenters. The second-order valence-corrected chi connectivity index (χ2v) is 9.88. The fourth-order valence-electron chi connectivity index (χ4n) is 3.39. The lowest BCUT2D eigenvalue weighted by atomic mass is 10.2. The van der Waals surface area contributed by atoms with Crippen LogP contribution in [0, 0.1) is 0 Å². The summed E-state index contributed by atoms with van der Waals surface area (Å²) in [6.07, 6.45) is 1.58. The largest absolute Gasteiger partial charge is 0.458 e. The highest BCUT2D eigenvalue weighted by atomic mass is 32.2. The smallest absolute Gasteiger partial charge is 0.324 e. The molecular weight excluding hydrogens is 426 g/mol. The molecule has 0 saturated carbocycles. The number of hydrogen-bond donors (Lipinski definition) is 0. The molecule has 0 radical (unpaired) electrons. The highest BCUT2D eigenvalue weighted by Crippen LogP contribution is 2.29. The van der Waals surface area contributed by atoms with E-state index in [9.17, 15) is 18.0 Å². The van der Waals surface area contributed by atoms with Crippen molar-refractivity contribution in [2.24, 2.45) is 0 Å². The third kappa shape index (κ3) is 5.05. The van der Waals surface area contributed by atoms with Crippen molar-refractivity contribution in [1.29, 1.82) is 0 Å². The first-order valence-electron chi connectivity index (χ1n) is 9.79. The number of sulfonamides is 1. The number of rotatable bonds is 8. The van der Waals surface area contributed by atoms with Crippen LogP contribution in [0.2, 0.25) is 0 Å². The first-order valence-corrected chi connectivity index (χ1v) is 12.3. The van der Waals surface area contributed by atoms with E-state index in [1.165, 1.54) is 27.5 Å². The standard InChI is InChI=1S/C20H25N3O5S2/c1-3-12-30(26,27)22-11-7-10-18(22)19(25)28-13-16-14-29-20(21-16)23(15(2)24)17-8-5-4-6-9-17/h4-6,8-9,14,18H,3,7,10-13H2,1-2H3/t18-/m1/s1. The van der Waals surface area contributed by atoms with Crippen molar-refractivity contribution in [3.8, 4) is 0 Å². The van der Waals surface area contributed by atoms with Crippen molar-refractivity contribution < 1.29 is 22.7 Å². The Kier molecular flexibility index (Phi) is 7.22. The van der Waals surface area contributed by atoms with Crippen LogP contribution >= 0.6 is 11.3 Å². The zero-order chi connectivity index (χ0) is 21.7. The van der Waals surface area contributed by atoms with Crippen molar-refractivity contribution in [3.05, 3.63) is 41.4 Å². The zero-order valence-corrected chi connectivity index (χ0v) is 18.6. The number of nitrogens with zero attached hydrogens (tertiary/aromatic N) is 3. The molecule has 1 fully saturated rings. The lowest BCUT2D eigenvalue weighted by molar-refractivity contribution is -0.148. The molecule has 1 saturated heterocycles. The van der Waals surface area contributed by atoms with Gasteiger partial charge in [-0.05, 0) is 31.4 Å². The van der Waals surface area contributed by atoms with E-state index in [1.54, 1.807) is 12.3 Å². The number of para-hydroxylation sites is 1. The molecule has 0 spiro atoms. The second-order valence-electron chi connectivity index (χ2n) is 7.00. The van der Waals surface area contributed by atoms with E-state index in [-0.39, 0.29) is 18.3 Å². The van der Waals surface area contributed by atoms with Gasteiger partial charge in [-0.3, -0.25) is 14.5 Å². The minimum absolute atomic E-state index is 0.0204. The topological polar surface area (TPSA) is 96.9 Å². The van der Waals surface area contributed by atoms with Gasteiger partial charge in [0.15, 0.2) is 5.13 Å². The SMILES string of the molecule is CCCS(=O)(=O)N1CCC[C@@H]1C(=O)OCc1csc(N(C(C)=O)c2ccccc2)n1. The van der Waals surface area contributed by atoms with E-state index in [2.05, 4.69) is 4.98 Å². The summed E-state index contributed by atoms with van der Waals surface area (Å²) in [4.78, 5) is 30.6. The Hall–Kier alpha value is -2.30. The van der Waals surface area contributed by atoms with Crippen LogP contribution in [0.5, 0.6) is 0 Å². The molecule has 162 valence electrons. The Balaban J connectivity index is 1.66. The van der Waals surface area contributed by atoms with E-state index in [0.29, 0.717) is 42.3 Å². The van der Waals surface area contributed by atoms with Crippen molar-refractivity contribution in [3.63, 3.8) is 0 Å². The van der Waals surface area contributed by atoms with Crippen LogP contribution in [0.3, 0.4) is 0 Å². The molecule has 1 aliphatic heterocycles. The summed E-state index contributed by atoms with van der Waals surface area (Å²) in [5.74, 6) is -0.720. The van der Waals surface area contributed by atoms with E-state index < -0.39 is 22.0 Å². The van der Waals surface area contributed by atoms with Crippen molar-refractivity contribution in [1.82, 2.24) is 9.29 Å². The number of amides is 1. The van der Waals surface area contributed by atoms with Gasteiger partial charge in [-0.15, -0.1) is 11.3 Å². The van der Waals surface area contributed by atoms with E-state index in [4.69, 9.17) is 4.74 Å². The molecule has 10 heteroatoms. The molecule has 1 atom stereocenters. The van der Waals surface area contributed by atoms with Gasteiger partial charge < -0.3 is 4.74 Å². The maximum absolute atomic E-state index is 12.5. The maximum Gasteiger partial charge on any atom is 0.324 e. The van der Waals surface area contributed by atoms with E-state index >= 15 is 0 Å². The third-order valence-electron chi connectivity index (χ3n) is 4.72. The summed E-state index contributed by atoms with van der Waals surface area (Å²) in [6, 6.07) is 8.38. The molecule has 0 aliphatic carbocycles. The molecule has 0 bridgehead atoms. The van der Waals surface area contributed by atoms with Crippen LogP contribution in [-0.4, -0.2) is 47.9 Å². The van der Waals surface area contributed by atoms with Crippen molar-refractivity contribution >= 4 is 44.1 Å². The molecule has 1 aromatic heterocycles. The molecule has 0 N–H and O–H groups in total. The Morgan fingerprint density at radius 1 is 1.30 bits per heavy atom. The number of aromatic nitrogens is 1. The quantitative estimate of drug-likeness (QED) is 0.572. The van der Waals surface area contributed by atoms with Gasteiger partial charge in [-0.25, -0.2) is 13.4 Å². The molecule has 3 rings (SSSR count). The van der Waals surface area contributed by atoms with Crippen LogP contribution < -0.4 is 4.90 Å². The lowest BCUT2D eigenvalue weighted by Crippen LogP contribution is -2.42. The van der Waals surface area contributed by atoms with Crippen molar-refractivity contribution in [2.75, 3.05) is 17.2 Å². The van der Waals surface area contributed by atoms with Gasteiger partial charge in [0.05, 0.1) is 17.1 Å². The molecule has 1 aromatic carbocycles. The van der Waals surface area contributed by atoms with Crippen LogP contribution in [0.1, 0.15) is 38.8 Å². The Bertz CT molecular complexity index is 991. The predicted molar refractivity (Wildman–Crippen MR) is 115 cm³/mol. The summed E-state index contributed by atoms with van der Waals surface area (Å²) >= 11 is 1.27. The summed E-state index contributed by atoms with van der Waals surface area (Å²) < 4.78 is 31.4. The summed E-state index contributed by atoms with van der Waals surface area (Å²) in [6.45, 7) is 3.52. The van der Waals surface area contributed by atoms with Gasteiger partial charge in [0.2, 0.25) is 15.9 Å². The Morgan fingerprint density at radius 3 is 2.70 bits per heavy atom. The number of benzene rings is 1. The summed E-state index contributed by atoms with van der Waals surface area (Å²) in [5.41, 5.74) is 1.21. The number of anilines is 2. The number of thiazole rings is 1. The van der Waals surface area contributed by atoms with Crippen LogP contribution in [0.25, 0.3) is 0 Å². The zero-order valence-electron chi connectivity index (χ0n) is 17.0. The first-order chi connectivity index (χ1) is 14.3. The summed E-state index contributed by atoms with van der Waals surface area (Å²) in [7, 11) is -3.46. The maximum atomic E-state index is 12.5. The number of carbonyl (C=O) groups excluding carboxylic acids is 2. The molecule has 1 amide bonds. The fourth-order valence-corrected chi connectivity index (χ4v) is 6.00. The molecule has 8 nitrogen and oxygen atoms in total. The molecule has 30 heavy (non-hydrogen) atoms. The van der Waals surface area contributed by atoms with Gasteiger partial charge >= 0.3 is 5.97 Å². The summed E-state index contributed by atoms with van der Waals surface area (Å²) in [5, 5.41) is 2.20. The van der Waals surface area contributed by atoms with Gasteiger partial charge in [-0.1, -0.05) is 25.1 Å². The highest BCUT2D eigenvalue weighted by molar-refractivity contribution is 7.89. The minimum Gasteiger partial charge on any atom is -0.458 e. The van der Waals surface area contributed by atoms with Gasteiger partial charge in [0.1, 0.15) is 12.6 Å². The van der Waals surface area contributed by atoms with Gasteiger partial charge in [0.25, 0.3) is 0 Å². The second kappa shape index (κ2) is 9.67. The lowest BCUT2D eigenvalue weighted by Gasteiger charge is -2.22. The number of esters is 1. The molecule has 2 heterocycles. The monoisotopic (exact) mass is 451 g/mol. The number of carbonyl (C=O) groups is 2. The average Bonchev–Trinajstić information content (AvgIpc) is 3.37. The number of ether oxygens (including phenoxy) is 1. The minimum atomic E-state index is -3.46. The molecule has 1 aliphatic rings. The van der Waals surface area contributed by atoms with Crippen LogP contribution in [-0.2, 0) is 31.0 Å². The highest BCUT2D eigenvalue weighted by Gasteiger charge is 2.39. The van der Waals surface area contributed by atoms with Gasteiger partial charge in [0, 0.05) is 18.8 Å². The fraction of sp³-hybridized carbons (Fsp3) is 0.450. The number of hydrogen-bond acceptors (Lipinski definition) is 7. The first kappa shape index (κ1) is 22.4. The Morgan fingerprint density at radius 2 is 2.03 bits per heavy atom. The van der Waals surface area contributed by atoms with E-state index in [1.807, 2.05) is 30.3 Å². The Labute approximate surface area is 180 Å². The van der Waals surface area contributed by atoms with Crippen molar-refractivity contribution in [2.45, 2.75) is 45.8 Å². The third-order valence-corrected chi connectivity index (χ3v) is 7.67. The van der Waals surface area contributed by atoms with Crippen LogP contribution in [0.15, 0.2) is 35.7 Å². The van der Waals surface area contributed by atoms with Gasteiger partial charge in [-0.2, -0.15) is 4.31 Å². The van der Waals surface area contributed by atoms with Crippen LogP contribution in [0.4, 0.5) is 10.8 Å². The normalized spacial score (nSPS) is 17.1. The van der Waals surface area contributed by atoms with E-state index in [0.717, 1.165) is 0 Å². The average molecular weight is 452 g/mol. The molecular formula is C20H25N3O5S2.